The van der Waals surface area contributed by atoms with Gasteiger partial charge < -0.3 is 0 Å². The van der Waals surface area contributed by atoms with Crippen LogP contribution in [-0.4, -0.2) is 18.2 Å². The summed E-state index contributed by atoms with van der Waals surface area (Å²) in [6.45, 7) is 1.92. The number of hydrogen-bond donors (Lipinski definition) is 0. The van der Waals surface area contributed by atoms with E-state index in [0.717, 1.165) is 11.3 Å². The number of aromatic nitrogens is 2. The molecule has 1 aromatic heterocycles. The summed E-state index contributed by atoms with van der Waals surface area (Å²) in [6, 6.07) is 7.14. The van der Waals surface area contributed by atoms with E-state index < -0.39 is 9.05 Å². The van der Waals surface area contributed by atoms with Gasteiger partial charge in [-0.2, -0.15) is 5.10 Å². The second-order valence-corrected chi connectivity index (χ2v) is 6.55. The first kappa shape index (κ1) is 12.1. The second-order valence-electron chi connectivity index (χ2n) is 3.77. The monoisotopic (exact) mass is 270 g/mol. The Hall–Kier alpha value is -1.33. The van der Waals surface area contributed by atoms with Gasteiger partial charge in [0.05, 0.1) is 17.6 Å². The Balaban J connectivity index is 2.48. The van der Waals surface area contributed by atoms with Crippen LogP contribution in [0.4, 0.5) is 0 Å². The molecule has 1 heterocycles. The van der Waals surface area contributed by atoms with Crippen molar-refractivity contribution in [2.75, 3.05) is 0 Å². The molecule has 90 valence electrons. The summed E-state index contributed by atoms with van der Waals surface area (Å²) in [7, 11) is 1.71. The normalized spacial score (nSPS) is 11.6. The van der Waals surface area contributed by atoms with Gasteiger partial charge in [0.2, 0.25) is 9.05 Å². The highest BCUT2D eigenvalue weighted by Gasteiger charge is 2.12. The highest BCUT2D eigenvalue weighted by molar-refractivity contribution is 8.13. The first-order valence-electron chi connectivity index (χ1n) is 4.97. The van der Waals surface area contributed by atoms with Crippen molar-refractivity contribution in [1.29, 1.82) is 0 Å². The highest BCUT2D eigenvalue weighted by Crippen LogP contribution is 2.18. The van der Waals surface area contributed by atoms with Crippen molar-refractivity contribution < 1.29 is 8.42 Å². The molecule has 2 aromatic rings. The van der Waals surface area contributed by atoms with Gasteiger partial charge in [-0.05, 0) is 24.1 Å². The van der Waals surface area contributed by atoms with E-state index in [1.165, 1.54) is 0 Å². The Kier molecular flexibility index (Phi) is 3.22. The van der Waals surface area contributed by atoms with E-state index >= 15 is 0 Å². The van der Waals surface area contributed by atoms with Crippen LogP contribution in [-0.2, 0) is 14.8 Å². The molecule has 0 aliphatic rings. The summed E-state index contributed by atoms with van der Waals surface area (Å²) in [5, 5.41) is 4.16. The third kappa shape index (κ3) is 3.08. The summed E-state index contributed by atoms with van der Waals surface area (Å²) in [5.74, 6) is -0.205. The zero-order chi connectivity index (χ0) is 12.5. The molecule has 0 saturated carbocycles. The fraction of sp³-hybridized carbons (Fsp3) is 0.182. The maximum Gasteiger partial charge on any atom is 0.236 e. The zero-order valence-corrected chi connectivity index (χ0v) is 10.7. The minimum Gasteiger partial charge on any atom is -0.240 e. The van der Waals surface area contributed by atoms with Gasteiger partial charge >= 0.3 is 0 Å². The van der Waals surface area contributed by atoms with Gasteiger partial charge in [-0.1, -0.05) is 18.2 Å². The molecule has 0 spiro atoms. The molecular formula is C11H11ClN2O2S. The molecule has 6 heteroatoms. The smallest absolute Gasteiger partial charge is 0.236 e. The summed E-state index contributed by atoms with van der Waals surface area (Å²) in [6.07, 6.45) is 3.55. The number of para-hydroxylation sites is 1. The van der Waals surface area contributed by atoms with Crippen LogP contribution in [0.2, 0.25) is 0 Å². The SMILES string of the molecule is Cc1cnn(-c2ccccc2CS(=O)(=O)Cl)c1. The van der Waals surface area contributed by atoms with Gasteiger partial charge in [-0.3, -0.25) is 0 Å². The Morgan fingerprint density at radius 2 is 2.06 bits per heavy atom. The van der Waals surface area contributed by atoms with Crippen molar-refractivity contribution in [3.63, 3.8) is 0 Å². The fourth-order valence-electron chi connectivity index (χ4n) is 1.59. The first-order chi connectivity index (χ1) is 7.96. The minimum atomic E-state index is -3.57. The van der Waals surface area contributed by atoms with E-state index in [2.05, 4.69) is 5.10 Å². The highest BCUT2D eigenvalue weighted by atomic mass is 35.7. The van der Waals surface area contributed by atoms with Crippen molar-refractivity contribution in [3.05, 3.63) is 47.8 Å². The lowest BCUT2D eigenvalue weighted by molar-refractivity contribution is 0.608. The van der Waals surface area contributed by atoms with Crippen LogP contribution >= 0.6 is 10.7 Å². The van der Waals surface area contributed by atoms with Gasteiger partial charge in [-0.25, -0.2) is 13.1 Å². The zero-order valence-electron chi connectivity index (χ0n) is 9.17. The lowest BCUT2D eigenvalue weighted by atomic mass is 10.2. The van der Waals surface area contributed by atoms with E-state index in [1.54, 1.807) is 23.0 Å². The number of halogens is 1. The summed E-state index contributed by atoms with van der Waals surface area (Å²) >= 11 is 0. The summed E-state index contributed by atoms with van der Waals surface area (Å²) in [5.41, 5.74) is 2.36. The van der Waals surface area contributed by atoms with Gasteiger partial charge in [-0.15, -0.1) is 0 Å². The van der Waals surface area contributed by atoms with Crippen molar-refractivity contribution >= 4 is 19.7 Å². The standard InChI is InChI=1S/C11H11ClN2O2S/c1-9-6-13-14(7-9)11-5-3-2-4-10(11)8-17(12,15)16/h2-7H,8H2,1H3. The molecule has 2 rings (SSSR count). The molecule has 0 saturated heterocycles. The number of rotatable bonds is 3. The van der Waals surface area contributed by atoms with Crippen LogP contribution in [0.3, 0.4) is 0 Å². The molecule has 0 fully saturated rings. The second kappa shape index (κ2) is 4.50. The van der Waals surface area contributed by atoms with E-state index in [9.17, 15) is 8.42 Å². The van der Waals surface area contributed by atoms with E-state index in [4.69, 9.17) is 10.7 Å². The van der Waals surface area contributed by atoms with E-state index in [0.29, 0.717) is 5.56 Å². The van der Waals surface area contributed by atoms with E-state index in [1.807, 2.05) is 25.3 Å². The number of aryl methyl sites for hydroxylation is 1. The average molecular weight is 271 g/mol. The number of hydrogen-bond acceptors (Lipinski definition) is 3. The van der Waals surface area contributed by atoms with Crippen molar-refractivity contribution in [2.45, 2.75) is 12.7 Å². The van der Waals surface area contributed by atoms with E-state index in [-0.39, 0.29) is 5.75 Å². The molecule has 0 aliphatic heterocycles. The van der Waals surface area contributed by atoms with Crippen molar-refractivity contribution in [2.24, 2.45) is 0 Å². The van der Waals surface area contributed by atoms with Gasteiger partial charge in [0.15, 0.2) is 0 Å². The van der Waals surface area contributed by atoms with Gasteiger partial charge in [0.25, 0.3) is 0 Å². The van der Waals surface area contributed by atoms with Crippen LogP contribution in [0, 0.1) is 6.92 Å². The van der Waals surface area contributed by atoms with Crippen LogP contribution in [0.25, 0.3) is 5.69 Å². The Labute approximate surface area is 104 Å². The molecule has 0 amide bonds. The lowest BCUT2D eigenvalue weighted by Crippen LogP contribution is -2.03. The largest absolute Gasteiger partial charge is 0.240 e. The predicted molar refractivity (Wildman–Crippen MR) is 66.8 cm³/mol. The lowest BCUT2D eigenvalue weighted by Gasteiger charge is -2.07. The van der Waals surface area contributed by atoms with Crippen LogP contribution in [0.5, 0.6) is 0 Å². The van der Waals surface area contributed by atoms with Gasteiger partial charge in [0.1, 0.15) is 0 Å². The van der Waals surface area contributed by atoms with Crippen LogP contribution in [0.15, 0.2) is 36.7 Å². The maximum atomic E-state index is 11.1. The fourth-order valence-corrected chi connectivity index (χ4v) is 2.55. The Bertz CT molecular complexity index is 634. The molecule has 4 nitrogen and oxygen atoms in total. The Morgan fingerprint density at radius 1 is 1.35 bits per heavy atom. The van der Waals surface area contributed by atoms with Crippen molar-refractivity contribution in [1.82, 2.24) is 9.78 Å². The topological polar surface area (TPSA) is 52.0 Å². The first-order valence-corrected chi connectivity index (χ1v) is 7.45. The summed E-state index contributed by atoms with van der Waals surface area (Å²) in [4.78, 5) is 0. The molecule has 0 bridgehead atoms. The van der Waals surface area contributed by atoms with Crippen LogP contribution in [0.1, 0.15) is 11.1 Å². The molecule has 0 radical (unpaired) electrons. The molecule has 0 aliphatic carbocycles. The van der Waals surface area contributed by atoms with Crippen molar-refractivity contribution in [3.8, 4) is 5.69 Å². The average Bonchev–Trinajstić information content (AvgIpc) is 2.63. The third-order valence-corrected chi connectivity index (χ3v) is 3.26. The molecule has 1 aromatic carbocycles. The molecule has 0 N–H and O–H groups in total. The summed E-state index contributed by atoms with van der Waals surface area (Å²) < 4.78 is 23.9. The molecular weight excluding hydrogens is 260 g/mol. The third-order valence-electron chi connectivity index (χ3n) is 2.28. The predicted octanol–water partition coefficient (Wildman–Crippen LogP) is 2.25. The number of nitrogens with zero attached hydrogens (tertiary/aromatic N) is 2. The van der Waals surface area contributed by atoms with Gasteiger partial charge in [0, 0.05) is 16.9 Å². The Morgan fingerprint density at radius 3 is 2.65 bits per heavy atom. The molecule has 0 atom stereocenters. The molecule has 17 heavy (non-hydrogen) atoms. The quantitative estimate of drug-likeness (QED) is 0.804. The number of benzene rings is 1. The molecule has 0 unspecified atom stereocenters. The minimum absolute atomic E-state index is 0.205. The maximum absolute atomic E-state index is 11.1. The van der Waals surface area contributed by atoms with Crippen LogP contribution < -0.4 is 0 Å².